The Kier molecular flexibility index (Phi) is 32.7. The molecule has 66 heavy (non-hydrogen) atoms. The Hall–Kier alpha value is -3.82. The number of ether oxygens (including phenoxy) is 6. The largest absolute Gasteiger partial charge is 0.491 e. The van der Waals surface area contributed by atoms with Crippen LogP contribution in [0.25, 0.3) is 12.2 Å². The van der Waals surface area contributed by atoms with Crippen LogP contribution in [0.15, 0.2) is 84.9 Å². The number of aliphatic hydroxyl groups excluding tert-OH is 2. The van der Waals surface area contributed by atoms with Gasteiger partial charge in [0, 0.05) is 17.2 Å². The van der Waals surface area contributed by atoms with Gasteiger partial charge in [-0.1, -0.05) is 209 Å². The second kappa shape index (κ2) is 38.2. The first-order valence-electron chi connectivity index (χ1n) is 26.1. The van der Waals surface area contributed by atoms with Gasteiger partial charge in [-0.25, -0.2) is 0 Å². The highest BCUT2D eigenvalue weighted by molar-refractivity contribution is 5.57. The van der Waals surface area contributed by atoms with Gasteiger partial charge in [0.2, 0.25) is 0 Å². The molecule has 0 aliphatic rings. The molecule has 0 heterocycles. The van der Waals surface area contributed by atoms with Crippen molar-refractivity contribution >= 4 is 12.2 Å². The van der Waals surface area contributed by atoms with E-state index in [1.54, 1.807) is 0 Å². The van der Waals surface area contributed by atoms with E-state index in [0.29, 0.717) is 24.3 Å². The second-order valence-electron chi connectivity index (χ2n) is 18.0. The smallest absolute Gasteiger partial charge is 0.126 e. The Morgan fingerprint density at radius 1 is 0.409 bits per heavy atom. The SMILES string of the molecule is C/C=C/c1ccccc1OCC(COc1cccc(OCC(COc2ccccc2/C=C/C)OCC(O)CCCCCCCCCCCC)c1)OCC(O)CCCCCCCCCCCC. The standard InChI is InChI=1S/C58H90O8/c1-5-9-11-13-15-17-19-21-23-25-36-51(59)43-61-55(47-65-57-40-29-27-34-49(57)32-7-3)45-63-53-38-31-39-54(42-53)64-46-56(48-66-58-41-30-28-35-50(58)33-8-4)62-44-52(60)37-26-24-22-20-18-16-14-12-10-6-2/h7-8,27-35,38-42,51-52,55-56,59-60H,5-6,9-26,36-37,43-48H2,1-4H3/b32-7+,33-8+. The predicted molar refractivity (Wildman–Crippen MR) is 275 cm³/mol. The highest BCUT2D eigenvalue weighted by Gasteiger charge is 2.18. The quantitative estimate of drug-likeness (QED) is 0.0543. The van der Waals surface area contributed by atoms with Gasteiger partial charge in [-0.2, -0.15) is 0 Å². The molecule has 0 saturated heterocycles. The molecule has 8 heteroatoms. The first-order valence-corrected chi connectivity index (χ1v) is 26.1. The van der Waals surface area contributed by atoms with Crippen molar-refractivity contribution in [1.82, 2.24) is 0 Å². The van der Waals surface area contributed by atoms with Gasteiger partial charge >= 0.3 is 0 Å². The summed E-state index contributed by atoms with van der Waals surface area (Å²) in [5.74, 6) is 2.79. The van der Waals surface area contributed by atoms with Crippen molar-refractivity contribution in [2.75, 3.05) is 39.6 Å². The molecule has 0 amide bonds. The van der Waals surface area contributed by atoms with Crippen LogP contribution < -0.4 is 18.9 Å². The summed E-state index contributed by atoms with van der Waals surface area (Å²) in [5, 5.41) is 21.8. The summed E-state index contributed by atoms with van der Waals surface area (Å²) in [4.78, 5) is 0. The third-order valence-corrected chi connectivity index (χ3v) is 11.9. The molecular formula is C58H90O8. The third-order valence-electron chi connectivity index (χ3n) is 11.9. The summed E-state index contributed by atoms with van der Waals surface area (Å²) in [6, 6.07) is 23.4. The molecule has 4 unspecified atom stereocenters. The van der Waals surface area contributed by atoms with E-state index in [0.717, 1.165) is 48.3 Å². The van der Waals surface area contributed by atoms with Crippen LogP contribution >= 0.6 is 0 Å². The molecule has 2 N–H and O–H groups in total. The second-order valence-corrected chi connectivity index (χ2v) is 18.0. The lowest BCUT2D eigenvalue weighted by Crippen LogP contribution is -2.32. The number of benzene rings is 3. The molecule has 0 saturated carbocycles. The minimum Gasteiger partial charge on any atom is -0.491 e. The Labute approximate surface area is 401 Å². The van der Waals surface area contributed by atoms with Gasteiger partial charge in [0.15, 0.2) is 0 Å². The van der Waals surface area contributed by atoms with Crippen LogP contribution in [0.4, 0.5) is 0 Å². The highest BCUT2D eigenvalue weighted by atomic mass is 16.6. The van der Waals surface area contributed by atoms with Crippen LogP contribution in [-0.4, -0.2) is 74.3 Å². The van der Waals surface area contributed by atoms with E-state index in [2.05, 4.69) is 13.8 Å². The van der Waals surface area contributed by atoms with Gasteiger partial charge in [0.25, 0.3) is 0 Å². The van der Waals surface area contributed by atoms with E-state index < -0.39 is 24.4 Å². The van der Waals surface area contributed by atoms with E-state index in [1.165, 1.54) is 103 Å². The average molecular weight is 915 g/mol. The molecule has 370 valence electrons. The maximum absolute atomic E-state index is 10.9. The molecule has 3 rings (SSSR count). The Balaban J connectivity index is 1.55. The number of para-hydroxylation sites is 2. The fourth-order valence-corrected chi connectivity index (χ4v) is 7.94. The lowest BCUT2D eigenvalue weighted by atomic mass is 10.0. The topological polar surface area (TPSA) is 95.8 Å². The zero-order valence-corrected chi connectivity index (χ0v) is 41.7. The summed E-state index contributed by atoms with van der Waals surface area (Å²) < 4.78 is 37.8. The molecule has 3 aromatic rings. The summed E-state index contributed by atoms with van der Waals surface area (Å²) in [6.45, 7) is 9.89. The highest BCUT2D eigenvalue weighted by Crippen LogP contribution is 2.24. The Morgan fingerprint density at radius 3 is 1.14 bits per heavy atom. The number of rotatable bonds is 42. The minimum atomic E-state index is -0.551. The van der Waals surface area contributed by atoms with E-state index in [9.17, 15) is 10.2 Å². The van der Waals surface area contributed by atoms with Crippen LogP contribution in [0.1, 0.15) is 180 Å². The summed E-state index contributed by atoms with van der Waals surface area (Å²) in [6.07, 6.45) is 32.7. The summed E-state index contributed by atoms with van der Waals surface area (Å²) >= 11 is 0. The van der Waals surface area contributed by atoms with Crippen LogP contribution in [0.3, 0.4) is 0 Å². The van der Waals surface area contributed by atoms with E-state index in [1.807, 2.05) is 111 Å². The van der Waals surface area contributed by atoms with Crippen LogP contribution in [0.2, 0.25) is 0 Å². The van der Waals surface area contributed by atoms with Gasteiger partial charge in [0.05, 0.1) is 25.4 Å². The van der Waals surface area contributed by atoms with Gasteiger partial charge in [-0.05, 0) is 51.0 Å². The van der Waals surface area contributed by atoms with Crippen molar-refractivity contribution in [3.63, 3.8) is 0 Å². The zero-order chi connectivity index (χ0) is 47.1. The van der Waals surface area contributed by atoms with Crippen LogP contribution in [-0.2, 0) is 9.47 Å². The molecule has 0 aliphatic carbocycles. The van der Waals surface area contributed by atoms with Crippen molar-refractivity contribution in [1.29, 1.82) is 0 Å². The third kappa shape index (κ3) is 27.1. The molecule has 0 fully saturated rings. The number of aliphatic hydroxyl groups is 2. The zero-order valence-electron chi connectivity index (χ0n) is 41.7. The number of allylic oxidation sites excluding steroid dienone is 2. The number of hydrogen-bond acceptors (Lipinski definition) is 8. The molecule has 0 radical (unpaired) electrons. The van der Waals surface area contributed by atoms with Crippen molar-refractivity contribution in [2.24, 2.45) is 0 Å². The van der Waals surface area contributed by atoms with Gasteiger partial charge in [-0.3, -0.25) is 0 Å². The maximum atomic E-state index is 10.9. The maximum Gasteiger partial charge on any atom is 0.126 e. The summed E-state index contributed by atoms with van der Waals surface area (Å²) in [7, 11) is 0. The molecule has 0 spiro atoms. The molecule has 3 aromatic carbocycles. The molecule has 0 aliphatic heterocycles. The average Bonchev–Trinajstić information content (AvgIpc) is 3.33. The molecule has 0 bridgehead atoms. The van der Waals surface area contributed by atoms with E-state index in [4.69, 9.17) is 28.4 Å². The lowest BCUT2D eigenvalue weighted by Gasteiger charge is -2.22. The monoisotopic (exact) mass is 915 g/mol. The number of unbranched alkanes of at least 4 members (excludes halogenated alkanes) is 18. The molecule has 0 aromatic heterocycles. The molecule has 4 atom stereocenters. The molecule has 8 nitrogen and oxygen atoms in total. The Morgan fingerprint density at radius 2 is 0.758 bits per heavy atom. The Bertz CT molecular complexity index is 1540. The van der Waals surface area contributed by atoms with E-state index >= 15 is 0 Å². The van der Waals surface area contributed by atoms with E-state index in [-0.39, 0.29) is 39.6 Å². The van der Waals surface area contributed by atoms with Crippen LogP contribution in [0.5, 0.6) is 23.0 Å². The normalized spacial score (nSPS) is 13.5. The van der Waals surface area contributed by atoms with Crippen molar-refractivity contribution in [3.8, 4) is 23.0 Å². The summed E-state index contributed by atoms with van der Waals surface area (Å²) in [5.41, 5.74) is 1.98. The lowest BCUT2D eigenvalue weighted by molar-refractivity contribution is -0.0475. The van der Waals surface area contributed by atoms with Crippen molar-refractivity contribution in [3.05, 3.63) is 96.1 Å². The minimum absolute atomic E-state index is 0.213. The fourth-order valence-electron chi connectivity index (χ4n) is 7.94. The fraction of sp³-hybridized carbons (Fsp3) is 0.621. The van der Waals surface area contributed by atoms with Gasteiger partial charge < -0.3 is 38.6 Å². The first kappa shape index (κ1) is 56.5. The van der Waals surface area contributed by atoms with Crippen molar-refractivity contribution in [2.45, 2.75) is 193 Å². The van der Waals surface area contributed by atoms with Crippen molar-refractivity contribution < 1.29 is 38.6 Å². The predicted octanol–water partition coefficient (Wildman–Crippen LogP) is 14.8. The molecular weight excluding hydrogens is 825 g/mol. The van der Waals surface area contributed by atoms with Gasteiger partial charge in [0.1, 0.15) is 61.6 Å². The van der Waals surface area contributed by atoms with Crippen LogP contribution in [0, 0.1) is 0 Å². The number of hydrogen-bond donors (Lipinski definition) is 2. The first-order chi connectivity index (χ1) is 32.4. The van der Waals surface area contributed by atoms with Gasteiger partial charge in [-0.15, -0.1) is 0 Å².